The summed E-state index contributed by atoms with van der Waals surface area (Å²) in [7, 11) is -3.74. The minimum absolute atomic E-state index is 0.134. The fourth-order valence-corrected chi connectivity index (χ4v) is 6.68. The van der Waals surface area contributed by atoms with Gasteiger partial charge in [-0.25, -0.2) is 13.1 Å². The highest BCUT2D eigenvalue weighted by molar-refractivity contribution is 7.89. The summed E-state index contributed by atoms with van der Waals surface area (Å²) >= 11 is 7.00. The molecule has 1 N–H and O–H groups in total. The molecule has 34 heavy (non-hydrogen) atoms. The molecule has 0 fully saturated rings. The summed E-state index contributed by atoms with van der Waals surface area (Å²) in [5.74, 6) is 0. The third-order valence-corrected chi connectivity index (χ3v) is 8.71. The largest absolute Gasteiger partial charge is 0.308 e. The molecule has 3 aromatic carbocycles. The molecule has 1 heterocycles. The van der Waals surface area contributed by atoms with Crippen molar-refractivity contribution in [3.8, 4) is 0 Å². The van der Waals surface area contributed by atoms with Crippen molar-refractivity contribution in [3.63, 3.8) is 0 Å². The molecule has 0 saturated carbocycles. The maximum Gasteiger partial charge on any atom is 0.308 e. The molecule has 0 spiro atoms. The lowest BCUT2D eigenvalue weighted by atomic mass is 9.79. The molecule has 0 aliphatic heterocycles. The fourth-order valence-electron chi connectivity index (χ4n) is 4.28. The van der Waals surface area contributed by atoms with Crippen LogP contribution in [0.15, 0.2) is 82.5 Å². The molecule has 5 nitrogen and oxygen atoms in total. The highest BCUT2D eigenvalue weighted by atomic mass is 35.5. The van der Waals surface area contributed by atoms with Crippen LogP contribution in [0.1, 0.15) is 38.3 Å². The van der Waals surface area contributed by atoms with E-state index in [1.54, 1.807) is 34.9 Å². The molecule has 1 atom stereocenters. The van der Waals surface area contributed by atoms with Crippen LogP contribution in [0, 0.1) is 0 Å². The van der Waals surface area contributed by atoms with Crippen LogP contribution in [0.4, 0.5) is 0 Å². The minimum atomic E-state index is -3.74. The second-order valence-electron chi connectivity index (χ2n) is 9.19. The maximum atomic E-state index is 13.1. The predicted octanol–water partition coefficient (Wildman–Crippen LogP) is 5.80. The van der Waals surface area contributed by atoms with E-state index >= 15 is 0 Å². The van der Waals surface area contributed by atoms with Gasteiger partial charge in [0.25, 0.3) is 0 Å². The fraction of sp³-hybridized carbons (Fsp3) is 0.269. The van der Waals surface area contributed by atoms with Gasteiger partial charge in [0.1, 0.15) is 0 Å². The van der Waals surface area contributed by atoms with Gasteiger partial charge in [0, 0.05) is 11.1 Å². The summed E-state index contributed by atoms with van der Waals surface area (Å²) < 4.78 is 31.3. The molecule has 4 aromatic rings. The van der Waals surface area contributed by atoms with Crippen molar-refractivity contribution in [2.75, 3.05) is 0 Å². The summed E-state index contributed by atoms with van der Waals surface area (Å²) in [6.45, 7) is 6.49. The van der Waals surface area contributed by atoms with E-state index in [2.05, 4.69) is 30.7 Å². The van der Waals surface area contributed by atoms with Crippen LogP contribution in [0.3, 0.4) is 0 Å². The zero-order valence-corrected chi connectivity index (χ0v) is 21.7. The summed E-state index contributed by atoms with van der Waals surface area (Å²) in [6, 6.07) is 22.0. The number of aromatic nitrogens is 1. The summed E-state index contributed by atoms with van der Waals surface area (Å²) in [5.41, 5.74) is 2.63. The highest BCUT2D eigenvalue weighted by Gasteiger charge is 2.26. The standard InChI is InChI=1S/C26H27ClN2O3S2/c1-18(16-26(2,3)20-7-5-4-6-8-20)28-34(31,32)22-13-14-23-24(15-22)33-25(30)29(23)17-19-9-11-21(27)12-10-19/h4-15,18,28H,16-17H2,1-3H3. The first kappa shape index (κ1) is 24.7. The SMILES string of the molecule is CC(CC(C)(C)c1ccccc1)NS(=O)(=O)c1ccc2c(c1)sc(=O)n2Cc1ccc(Cl)cc1. The first-order valence-corrected chi connectivity index (χ1v) is 13.7. The summed E-state index contributed by atoms with van der Waals surface area (Å²) in [5, 5.41) is 0.634. The Kier molecular flexibility index (Phi) is 7.01. The van der Waals surface area contributed by atoms with Crippen LogP contribution < -0.4 is 9.60 Å². The van der Waals surface area contributed by atoms with Gasteiger partial charge in [-0.3, -0.25) is 9.36 Å². The van der Waals surface area contributed by atoms with Gasteiger partial charge in [0.15, 0.2) is 0 Å². The lowest BCUT2D eigenvalue weighted by Gasteiger charge is -2.29. The van der Waals surface area contributed by atoms with Crippen LogP contribution in [0.2, 0.25) is 5.02 Å². The number of hydrogen-bond donors (Lipinski definition) is 1. The lowest BCUT2D eigenvalue weighted by Crippen LogP contribution is -2.37. The Morgan fingerprint density at radius 1 is 1.03 bits per heavy atom. The van der Waals surface area contributed by atoms with E-state index in [0.29, 0.717) is 28.2 Å². The molecular weight excluding hydrogens is 488 g/mol. The Labute approximate surface area is 209 Å². The second kappa shape index (κ2) is 9.66. The van der Waals surface area contributed by atoms with Crippen molar-refractivity contribution < 1.29 is 8.42 Å². The van der Waals surface area contributed by atoms with Gasteiger partial charge in [-0.05, 0) is 60.2 Å². The molecule has 0 saturated heterocycles. The molecule has 0 amide bonds. The number of fused-ring (bicyclic) bond motifs is 1. The first-order valence-electron chi connectivity index (χ1n) is 11.0. The average Bonchev–Trinajstić information content (AvgIpc) is 3.09. The molecule has 1 unspecified atom stereocenters. The number of rotatable bonds is 8. The van der Waals surface area contributed by atoms with E-state index in [-0.39, 0.29) is 21.2 Å². The van der Waals surface area contributed by atoms with Crippen molar-refractivity contribution in [3.05, 3.63) is 98.6 Å². The smallest absolute Gasteiger partial charge is 0.294 e. The van der Waals surface area contributed by atoms with Crippen LogP contribution in [0.25, 0.3) is 10.2 Å². The number of thiazole rings is 1. The number of nitrogens with one attached hydrogen (secondary N) is 1. The monoisotopic (exact) mass is 514 g/mol. The van der Waals surface area contributed by atoms with Gasteiger partial charge < -0.3 is 0 Å². The Morgan fingerprint density at radius 3 is 2.38 bits per heavy atom. The van der Waals surface area contributed by atoms with Crippen LogP contribution in [0.5, 0.6) is 0 Å². The topological polar surface area (TPSA) is 68.2 Å². The van der Waals surface area contributed by atoms with Crippen molar-refractivity contribution in [2.24, 2.45) is 0 Å². The second-order valence-corrected chi connectivity index (χ2v) is 12.3. The van der Waals surface area contributed by atoms with E-state index in [4.69, 9.17) is 11.6 Å². The van der Waals surface area contributed by atoms with Crippen LogP contribution >= 0.6 is 22.9 Å². The van der Waals surface area contributed by atoms with E-state index in [1.807, 2.05) is 37.3 Å². The van der Waals surface area contributed by atoms with E-state index in [1.165, 1.54) is 0 Å². The molecule has 4 rings (SSSR count). The van der Waals surface area contributed by atoms with Gasteiger partial charge in [0.05, 0.1) is 21.7 Å². The van der Waals surface area contributed by atoms with Gasteiger partial charge in [-0.1, -0.05) is 79.2 Å². The van der Waals surface area contributed by atoms with Crippen LogP contribution in [-0.4, -0.2) is 19.0 Å². The molecule has 0 aliphatic rings. The quantitative estimate of drug-likeness (QED) is 0.323. The van der Waals surface area contributed by atoms with E-state index in [0.717, 1.165) is 22.5 Å². The number of hydrogen-bond acceptors (Lipinski definition) is 4. The lowest BCUT2D eigenvalue weighted by molar-refractivity contribution is 0.418. The third kappa shape index (κ3) is 5.44. The normalized spacial score (nSPS) is 13.3. The van der Waals surface area contributed by atoms with Crippen molar-refractivity contribution >= 4 is 43.2 Å². The highest BCUT2D eigenvalue weighted by Crippen LogP contribution is 2.29. The zero-order valence-electron chi connectivity index (χ0n) is 19.3. The summed E-state index contributed by atoms with van der Waals surface area (Å²) in [4.78, 5) is 12.7. The number of halogens is 1. The molecule has 0 bridgehead atoms. The summed E-state index contributed by atoms with van der Waals surface area (Å²) in [6.07, 6.45) is 0.642. The third-order valence-electron chi connectivity index (χ3n) is 5.93. The van der Waals surface area contributed by atoms with E-state index < -0.39 is 10.0 Å². The Morgan fingerprint density at radius 2 is 1.71 bits per heavy atom. The Hall–Kier alpha value is -2.45. The number of nitrogens with zero attached hydrogens (tertiary/aromatic N) is 1. The van der Waals surface area contributed by atoms with Gasteiger partial charge in [0.2, 0.25) is 10.0 Å². The molecule has 1 aromatic heterocycles. The Bertz CT molecular complexity index is 1460. The maximum absolute atomic E-state index is 13.1. The first-order chi connectivity index (χ1) is 16.0. The molecule has 178 valence electrons. The zero-order chi connectivity index (χ0) is 24.5. The average molecular weight is 515 g/mol. The number of benzene rings is 3. The van der Waals surface area contributed by atoms with Gasteiger partial charge in [-0.15, -0.1) is 0 Å². The number of sulfonamides is 1. The van der Waals surface area contributed by atoms with Gasteiger partial charge in [-0.2, -0.15) is 0 Å². The molecular formula is C26H27ClN2O3S2. The van der Waals surface area contributed by atoms with Crippen molar-refractivity contribution in [1.82, 2.24) is 9.29 Å². The molecule has 0 radical (unpaired) electrons. The minimum Gasteiger partial charge on any atom is -0.294 e. The van der Waals surface area contributed by atoms with Crippen molar-refractivity contribution in [1.29, 1.82) is 0 Å². The van der Waals surface area contributed by atoms with E-state index in [9.17, 15) is 13.2 Å². The van der Waals surface area contributed by atoms with Crippen molar-refractivity contribution in [2.45, 2.75) is 50.1 Å². The molecule has 8 heteroatoms. The molecule has 0 aliphatic carbocycles. The Balaban J connectivity index is 1.54. The van der Waals surface area contributed by atoms with Crippen LogP contribution in [-0.2, 0) is 22.0 Å². The predicted molar refractivity (Wildman–Crippen MR) is 141 cm³/mol. The van der Waals surface area contributed by atoms with Gasteiger partial charge >= 0.3 is 4.87 Å².